The van der Waals surface area contributed by atoms with E-state index in [9.17, 15) is 4.79 Å². The topological polar surface area (TPSA) is 59.8 Å². The highest BCUT2D eigenvalue weighted by Gasteiger charge is 2.25. The van der Waals surface area contributed by atoms with Gasteiger partial charge < -0.3 is 5.32 Å². The maximum atomic E-state index is 12.3. The van der Waals surface area contributed by atoms with Gasteiger partial charge >= 0.3 is 0 Å². The summed E-state index contributed by atoms with van der Waals surface area (Å²) >= 11 is 1.41. The van der Waals surface area contributed by atoms with Crippen LogP contribution in [0.3, 0.4) is 0 Å². The first-order valence-electron chi connectivity index (χ1n) is 6.48. The molecule has 0 aliphatic heterocycles. The first-order chi connectivity index (χ1) is 9.24. The van der Waals surface area contributed by atoms with Crippen molar-refractivity contribution in [2.75, 3.05) is 5.32 Å². The van der Waals surface area contributed by atoms with Gasteiger partial charge in [0.2, 0.25) is 0 Å². The van der Waals surface area contributed by atoms with Gasteiger partial charge in [0, 0.05) is 25.2 Å². The van der Waals surface area contributed by atoms with Crippen molar-refractivity contribution in [2.24, 2.45) is 7.05 Å². The van der Waals surface area contributed by atoms with E-state index in [0.29, 0.717) is 11.7 Å². The second-order valence-corrected chi connectivity index (χ2v) is 5.73. The third-order valence-corrected chi connectivity index (χ3v) is 4.34. The van der Waals surface area contributed by atoms with E-state index in [1.807, 2.05) is 7.05 Å². The summed E-state index contributed by atoms with van der Waals surface area (Å²) in [5.41, 5.74) is 2.73. The van der Waals surface area contributed by atoms with Crippen LogP contribution >= 0.6 is 11.3 Å². The summed E-state index contributed by atoms with van der Waals surface area (Å²) < 4.78 is 1.67. The highest BCUT2D eigenvalue weighted by molar-refractivity contribution is 7.12. The molecule has 1 aliphatic carbocycles. The number of carbonyl (C=O) groups is 1. The van der Waals surface area contributed by atoms with Crippen LogP contribution in [-0.2, 0) is 7.05 Å². The van der Waals surface area contributed by atoms with Crippen LogP contribution in [0.15, 0.2) is 17.8 Å². The van der Waals surface area contributed by atoms with E-state index < -0.39 is 0 Å². The van der Waals surface area contributed by atoms with Gasteiger partial charge in [-0.15, -0.1) is 11.3 Å². The number of aromatic nitrogens is 3. The van der Waals surface area contributed by atoms with Crippen LogP contribution in [0.1, 0.15) is 47.0 Å². The molecule has 100 valence electrons. The predicted molar refractivity (Wildman–Crippen MR) is 74.5 cm³/mol. The molecule has 0 saturated heterocycles. The average Bonchev–Trinajstić information content (AvgIpc) is 3.07. The number of amides is 1. The van der Waals surface area contributed by atoms with Crippen LogP contribution < -0.4 is 5.32 Å². The number of hydrogen-bond acceptors (Lipinski definition) is 4. The van der Waals surface area contributed by atoms with Gasteiger partial charge in [-0.1, -0.05) is 12.8 Å². The molecule has 0 bridgehead atoms. The fraction of sp³-hybridized carbons (Fsp3) is 0.462. The van der Waals surface area contributed by atoms with E-state index in [1.54, 1.807) is 22.5 Å². The summed E-state index contributed by atoms with van der Waals surface area (Å²) in [6.45, 7) is 0. The Morgan fingerprint density at radius 2 is 2.26 bits per heavy atom. The maximum absolute atomic E-state index is 12.3. The molecule has 1 saturated carbocycles. The Balaban J connectivity index is 1.78. The highest BCUT2D eigenvalue weighted by Crippen LogP contribution is 2.36. The minimum atomic E-state index is -0.0944. The molecule has 0 atom stereocenters. The van der Waals surface area contributed by atoms with E-state index in [1.165, 1.54) is 24.2 Å². The summed E-state index contributed by atoms with van der Waals surface area (Å²) in [6, 6.07) is 1.79. The van der Waals surface area contributed by atoms with Gasteiger partial charge in [0.05, 0.1) is 11.2 Å². The Morgan fingerprint density at radius 3 is 2.95 bits per heavy atom. The lowest BCUT2D eigenvalue weighted by Gasteiger charge is -2.08. The van der Waals surface area contributed by atoms with Crippen LogP contribution in [0.4, 0.5) is 5.82 Å². The Labute approximate surface area is 115 Å². The quantitative estimate of drug-likeness (QED) is 0.937. The number of nitrogens with one attached hydrogen (secondary N) is 1. The smallest absolute Gasteiger partial charge is 0.268 e. The molecule has 2 heterocycles. The minimum Gasteiger partial charge on any atom is -0.304 e. The molecule has 2 aromatic heterocycles. The third kappa shape index (κ3) is 2.53. The molecular weight excluding hydrogens is 260 g/mol. The molecule has 2 aromatic rings. The number of rotatable bonds is 3. The lowest BCUT2D eigenvalue weighted by Crippen LogP contribution is -2.14. The zero-order valence-electron chi connectivity index (χ0n) is 10.8. The number of aryl methyl sites for hydroxylation is 1. The largest absolute Gasteiger partial charge is 0.304 e. The van der Waals surface area contributed by atoms with Gasteiger partial charge in [-0.25, -0.2) is 4.98 Å². The van der Waals surface area contributed by atoms with Gasteiger partial charge in [0.15, 0.2) is 5.82 Å². The van der Waals surface area contributed by atoms with Crippen molar-refractivity contribution in [3.8, 4) is 0 Å². The van der Waals surface area contributed by atoms with Crippen LogP contribution in [0, 0.1) is 0 Å². The molecule has 5 nitrogen and oxygen atoms in total. The SMILES string of the molecule is Cn1ccc(NC(=O)c2scnc2C2CCCC2)n1. The van der Waals surface area contributed by atoms with E-state index >= 15 is 0 Å². The Bertz CT molecular complexity index is 583. The number of anilines is 1. The summed E-state index contributed by atoms with van der Waals surface area (Å²) in [5, 5.41) is 6.99. The van der Waals surface area contributed by atoms with Crippen molar-refractivity contribution in [1.82, 2.24) is 14.8 Å². The molecular formula is C13H16N4OS. The maximum Gasteiger partial charge on any atom is 0.268 e. The number of carbonyl (C=O) groups excluding carboxylic acids is 1. The Hall–Kier alpha value is -1.69. The molecule has 1 N–H and O–H groups in total. The van der Waals surface area contributed by atoms with Gasteiger partial charge in [-0.05, 0) is 12.8 Å². The predicted octanol–water partition coefficient (Wildman–Crippen LogP) is 2.79. The average molecular weight is 276 g/mol. The van der Waals surface area contributed by atoms with Gasteiger partial charge in [-0.2, -0.15) is 5.10 Å². The van der Waals surface area contributed by atoms with E-state index in [-0.39, 0.29) is 5.91 Å². The summed E-state index contributed by atoms with van der Waals surface area (Å²) in [7, 11) is 1.83. The summed E-state index contributed by atoms with van der Waals surface area (Å²) in [4.78, 5) is 17.4. The van der Waals surface area contributed by atoms with Crippen LogP contribution in [0.25, 0.3) is 0 Å². The molecule has 6 heteroatoms. The lowest BCUT2D eigenvalue weighted by atomic mass is 10.0. The number of nitrogens with zero attached hydrogens (tertiary/aromatic N) is 3. The number of hydrogen-bond donors (Lipinski definition) is 1. The van der Waals surface area contributed by atoms with Gasteiger partial charge in [0.25, 0.3) is 5.91 Å². The molecule has 1 aliphatic rings. The molecule has 0 radical (unpaired) electrons. The fourth-order valence-electron chi connectivity index (χ4n) is 2.57. The third-order valence-electron chi connectivity index (χ3n) is 3.50. The van der Waals surface area contributed by atoms with Crippen molar-refractivity contribution >= 4 is 23.1 Å². The molecule has 3 rings (SSSR count). The van der Waals surface area contributed by atoms with Crippen molar-refractivity contribution in [3.05, 3.63) is 28.3 Å². The summed E-state index contributed by atoms with van der Waals surface area (Å²) in [6.07, 6.45) is 6.58. The molecule has 19 heavy (non-hydrogen) atoms. The molecule has 0 spiro atoms. The molecule has 0 aromatic carbocycles. The first kappa shape index (κ1) is 12.3. The van der Waals surface area contributed by atoms with Crippen molar-refractivity contribution in [3.63, 3.8) is 0 Å². The second-order valence-electron chi connectivity index (χ2n) is 4.88. The van der Waals surface area contributed by atoms with Crippen molar-refractivity contribution in [1.29, 1.82) is 0 Å². The van der Waals surface area contributed by atoms with Gasteiger partial charge in [-0.3, -0.25) is 9.48 Å². The standard InChI is InChI=1S/C13H16N4OS/c1-17-7-6-10(16-17)15-13(18)12-11(14-8-19-12)9-4-2-3-5-9/h6-9H,2-5H2,1H3,(H,15,16,18). The van der Waals surface area contributed by atoms with Crippen molar-refractivity contribution < 1.29 is 4.79 Å². The van der Waals surface area contributed by atoms with E-state index in [4.69, 9.17) is 0 Å². The van der Waals surface area contributed by atoms with E-state index in [0.717, 1.165) is 23.4 Å². The van der Waals surface area contributed by atoms with Crippen LogP contribution in [0.5, 0.6) is 0 Å². The molecule has 1 fully saturated rings. The van der Waals surface area contributed by atoms with Crippen molar-refractivity contribution in [2.45, 2.75) is 31.6 Å². The normalized spacial score (nSPS) is 15.8. The minimum absolute atomic E-state index is 0.0944. The molecule has 1 amide bonds. The number of thiazole rings is 1. The Morgan fingerprint density at radius 1 is 1.47 bits per heavy atom. The monoisotopic (exact) mass is 276 g/mol. The van der Waals surface area contributed by atoms with E-state index in [2.05, 4.69) is 15.4 Å². The summed E-state index contributed by atoms with van der Waals surface area (Å²) in [5.74, 6) is 0.942. The fourth-order valence-corrected chi connectivity index (χ4v) is 3.34. The zero-order chi connectivity index (χ0) is 13.2. The Kier molecular flexibility index (Phi) is 3.33. The zero-order valence-corrected chi connectivity index (χ0v) is 11.6. The molecule has 0 unspecified atom stereocenters. The van der Waals surface area contributed by atoms with Crippen LogP contribution in [0.2, 0.25) is 0 Å². The second kappa shape index (κ2) is 5.13. The van der Waals surface area contributed by atoms with Crippen LogP contribution in [-0.4, -0.2) is 20.7 Å². The van der Waals surface area contributed by atoms with Gasteiger partial charge in [0.1, 0.15) is 4.88 Å². The highest BCUT2D eigenvalue weighted by atomic mass is 32.1. The lowest BCUT2D eigenvalue weighted by molar-refractivity contribution is 0.102. The first-order valence-corrected chi connectivity index (χ1v) is 7.36.